The molecule has 0 spiro atoms. The van der Waals surface area contributed by atoms with Crippen molar-refractivity contribution in [2.24, 2.45) is 0 Å². The van der Waals surface area contributed by atoms with Gasteiger partial charge in [-0.2, -0.15) is 0 Å². The molecule has 2 nitrogen and oxygen atoms in total. The lowest BCUT2D eigenvalue weighted by Gasteiger charge is -2.26. The van der Waals surface area contributed by atoms with Gasteiger partial charge < -0.3 is 10.2 Å². The average Bonchev–Trinajstić information content (AvgIpc) is 2.49. The monoisotopic (exact) mass is 306 g/mol. The Morgan fingerprint density at radius 3 is 2.43 bits per heavy atom. The maximum absolute atomic E-state index is 13.1. The van der Waals surface area contributed by atoms with Gasteiger partial charge in [0.15, 0.2) is 0 Å². The molecule has 2 aromatic carbocycles. The Balaban J connectivity index is 2.41. The maximum Gasteiger partial charge on any atom is 0.123 e. The number of benzene rings is 2. The molecule has 0 amide bonds. The Hall–Kier alpha value is -1.58. The van der Waals surface area contributed by atoms with E-state index in [0.717, 1.165) is 35.1 Å². The van der Waals surface area contributed by atoms with E-state index >= 15 is 0 Å². The summed E-state index contributed by atoms with van der Waals surface area (Å²) in [5, 5.41) is 4.06. The van der Waals surface area contributed by atoms with Crippen molar-refractivity contribution in [1.29, 1.82) is 0 Å². The average molecular weight is 307 g/mol. The molecule has 0 aromatic heterocycles. The van der Waals surface area contributed by atoms with Crippen molar-refractivity contribution in [3.8, 4) is 0 Å². The van der Waals surface area contributed by atoms with Crippen LogP contribution in [0.5, 0.6) is 0 Å². The summed E-state index contributed by atoms with van der Waals surface area (Å²) in [5.41, 5.74) is 3.07. The van der Waals surface area contributed by atoms with E-state index in [0.29, 0.717) is 6.54 Å². The van der Waals surface area contributed by atoms with Gasteiger partial charge in [0.25, 0.3) is 0 Å². The number of nitrogens with zero attached hydrogens (tertiary/aromatic N) is 1. The van der Waals surface area contributed by atoms with Gasteiger partial charge >= 0.3 is 0 Å². The highest BCUT2D eigenvalue weighted by atomic mass is 35.5. The molecule has 112 valence electrons. The van der Waals surface area contributed by atoms with Crippen molar-refractivity contribution in [2.75, 3.05) is 18.0 Å². The van der Waals surface area contributed by atoms with Gasteiger partial charge in [-0.15, -0.1) is 0 Å². The van der Waals surface area contributed by atoms with Gasteiger partial charge in [-0.05, 0) is 49.9 Å². The Morgan fingerprint density at radius 1 is 1.10 bits per heavy atom. The lowest BCUT2D eigenvalue weighted by atomic mass is 10.1. The molecule has 0 fully saturated rings. The van der Waals surface area contributed by atoms with E-state index in [2.05, 4.69) is 24.1 Å². The third-order valence-corrected chi connectivity index (χ3v) is 3.75. The summed E-state index contributed by atoms with van der Waals surface area (Å²) in [7, 11) is 0. The largest absolute Gasteiger partial charge is 0.341 e. The highest BCUT2D eigenvalue weighted by Gasteiger charge is 2.14. The molecule has 0 atom stereocenters. The molecule has 0 aliphatic heterocycles. The molecular weight excluding hydrogens is 287 g/mol. The molecule has 1 N–H and O–H groups in total. The standard InChI is InChI=1S/C17H20ClFN2/c1-3-20-12-15-16(18)6-5-7-17(15)21(4-2)14-10-8-13(19)9-11-14/h5-11,20H,3-4,12H2,1-2H3. The Labute approximate surface area is 130 Å². The molecule has 0 heterocycles. The van der Waals surface area contributed by atoms with E-state index in [1.807, 2.05) is 18.2 Å². The summed E-state index contributed by atoms with van der Waals surface area (Å²) in [4.78, 5) is 2.14. The van der Waals surface area contributed by atoms with Gasteiger partial charge in [0, 0.05) is 35.1 Å². The SMILES string of the molecule is CCNCc1c(Cl)cccc1N(CC)c1ccc(F)cc1. The Kier molecular flexibility index (Phi) is 5.59. The van der Waals surface area contributed by atoms with Crippen molar-refractivity contribution >= 4 is 23.0 Å². The van der Waals surface area contributed by atoms with Crippen molar-refractivity contribution in [1.82, 2.24) is 5.32 Å². The second kappa shape index (κ2) is 7.43. The third-order valence-electron chi connectivity index (χ3n) is 3.39. The van der Waals surface area contributed by atoms with Crippen molar-refractivity contribution in [3.63, 3.8) is 0 Å². The van der Waals surface area contributed by atoms with Gasteiger partial charge in [0.2, 0.25) is 0 Å². The Morgan fingerprint density at radius 2 is 1.81 bits per heavy atom. The summed E-state index contributed by atoms with van der Waals surface area (Å²) in [6.07, 6.45) is 0. The molecule has 2 aromatic rings. The smallest absolute Gasteiger partial charge is 0.123 e. The quantitative estimate of drug-likeness (QED) is 0.828. The van der Waals surface area contributed by atoms with Crippen LogP contribution in [-0.4, -0.2) is 13.1 Å². The lowest BCUT2D eigenvalue weighted by Crippen LogP contribution is -2.20. The van der Waals surface area contributed by atoms with Gasteiger partial charge in [-0.1, -0.05) is 24.6 Å². The third kappa shape index (κ3) is 3.74. The summed E-state index contributed by atoms with van der Waals surface area (Å²) in [6.45, 7) is 6.51. The number of hydrogen-bond donors (Lipinski definition) is 1. The predicted molar refractivity (Wildman–Crippen MR) is 87.9 cm³/mol. The molecule has 0 saturated heterocycles. The minimum atomic E-state index is -0.228. The van der Waals surface area contributed by atoms with Crippen LogP contribution in [0.4, 0.5) is 15.8 Å². The molecular formula is C17H20ClFN2. The zero-order valence-electron chi connectivity index (χ0n) is 12.4. The fourth-order valence-corrected chi connectivity index (χ4v) is 2.57. The first-order valence-corrected chi connectivity index (χ1v) is 7.56. The van der Waals surface area contributed by atoms with Crippen LogP contribution in [0.1, 0.15) is 19.4 Å². The topological polar surface area (TPSA) is 15.3 Å². The van der Waals surface area contributed by atoms with Gasteiger partial charge in [-0.25, -0.2) is 4.39 Å². The predicted octanol–water partition coefficient (Wildman–Crippen LogP) is 4.75. The van der Waals surface area contributed by atoms with Crippen LogP contribution in [0.3, 0.4) is 0 Å². The van der Waals surface area contributed by atoms with E-state index in [4.69, 9.17) is 11.6 Å². The zero-order valence-corrected chi connectivity index (χ0v) is 13.1. The van der Waals surface area contributed by atoms with Gasteiger partial charge in [0.05, 0.1) is 0 Å². The van der Waals surface area contributed by atoms with E-state index in [-0.39, 0.29) is 5.82 Å². The molecule has 2 rings (SSSR count). The molecule has 0 bridgehead atoms. The number of nitrogens with one attached hydrogen (secondary N) is 1. The van der Waals surface area contributed by atoms with Gasteiger partial charge in [0.1, 0.15) is 5.82 Å². The highest BCUT2D eigenvalue weighted by molar-refractivity contribution is 6.31. The molecule has 0 unspecified atom stereocenters. The van der Waals surface area contributed by atoms with Crippen LogP contribution in [0.15, 0.2) is 42.5 Å². The number of halogens is 2. The fourth-order valence-electron chi connectivity index (χ4n) is 2.34. The summed E-state index contributed by atoms with van der Waals surface area (Å²) in [6, 6.07) is 12.4. The molecule has 4 heteroatoms. The molecule has 0 aliphatic rings. The fraction of sp³-hybridized carbons (Fsp3) is 0.294. The number of anilines is 2. The maximum atomic E-state index is 13.1. The zero-order chi connectivity index (χ0) is 15.2. The minimum absolute atomic E-state index is 0.228. The molecule has 0 radical (unpaired) electrons. The van der Waals surface area contributed by atoms with Crippen molar-refractivity contribution < 1.29 is 4.39 Å². The van der Waals surface area contributed by atoms with Crippen LogP contribution >= 0.6 is 11.6 Å². The second-order valence-corrected chi connectivity index (χ2v) is 5.15. The van der Waals surface area contributed by atoms with Crippen molar-refractivity contribution in [3.05, 3.63) is 58.9 Å². The Bertz CT molecular complexity index is 584. The van der Waals surface area contributed by atoms with E-state index in [1.165, 1.54) is 12.1 Å². The molecule has 0 aliphatic carbocycles. The number of hydrogen-bond acceptors (Lipinski definition) is 2. The second-order valence-electron chi connectivity index (χ2n) is 4.74. The van der Waals surface area contributed by atoms with E-state index in [1.54, 1.807) is 12.1 Å². The first-order valence-electron chi connectivity index (χ1n) is 7.18. The first kappa shape index (κ1) is 15.8. The van der Waals surface area contributed by atoms with Crippen molar-refractivity contribution in [2.45, 2.75) is 20.4 Å². The summed E-state index contributed by atoms with van der Waals surface area (Å²) < 4.78 is 13.1. The van der Waals surface area contributed by atoms with Crippen LogP contribution in [-0.2, 0) is 6.54 Å². The number of rotatable bonds is 6. The van der Waals surface area contributed by atoms with Crippen LogP contribution in [0.2, 0.25) is 5.02 Å². The lowest BCUT2D eigenvalue weighted by molar-refractivity contribution is 0.628. The molecule has 21 heavy (non-hydrogen) atoms. The van der Waals surface area contributed by atoms with Crippen LogP contribution < -0.4 is 10.2 Å². The van der Waals surface area contributed by atoms with Crippen LogP contribution in [0, 0.1) is 5.82 Å². The first-order chi connectivity index (χ1) is 10.2. The van der Waals surface area contributed by atoms with Gasteiger partial charge in [-0.3, -0.25) is 0 Å². The minimum Gasteiger partial charge on any atom is -0.341 e. The summed E-state index contributed by atoms with van der Waals surface area (Å²) in [5.74, 6) is -0.228. The molecule has 0 saturated carbocycles. The normalized spacial score (nSPS) is 10.7. The van der Waals surface area contributed by atoms with E-state index < -0.39 is 0 Å². The summed E-state index contributed by atoms with van der Waals surface area (Å²) >= 11 is 6.35. The van der Waals surface area contributed by atoms with E-state index in [9.17, 15) is 4.39 Å². The van der Waals surface area contributed by atoms with Crippen LogP contribution in [0.25, 0.3) is 0 Å². The highest BCUT2D eigenvalue weighted by Crippen LogP contribution is 2.32.